The summed E-state index contributed by atoms with van der Waals surface area (Å²) in [5, 5.41) is 20.5. The molecule has 1 N–H and O–H groups in total. The molecule has 0 amide bonds. The first-order chi connectivity index (χ1) is 22.2. The second-order valence-corrected chi connectivity index (χ2v) is 12.2. The van der Waals surface area contributed by atoms with Crippen molar-refractivity contribution in [2.24, 2.45) is 0 Å². The van der Waals surface area contributed by atoms with E-state index >= 15 is 0 Å². The molecular weight excluding hydrogens is 564 g/mol. The maximum Gasteiger partial charge on any atom is 0.166 e. The van der Waals surface area contributed by atoms with E-state index in [2.05, 4.69) is 116 Å². The minimum Gasteiger partial charge on any atom is -0.365 e. The van der Waals surface area contributed by atoms with Crippen molar-refractivity contribution in [1.29, 1.82) is 5.26 Å². The number of fused-ring (bicyclic) bond motifs is 3. The van der Waals surface area contributed by atoms with Crippen LogP contribution in [0.1, 0.15) is 22.7 Å². The molecule has 5 unspecified atom stereocenters. The van der Waals surface area contributed by atoms with Crippen molar-refractivity contribution in [3.8, 4) is 6.07 Å². The van der Waals surface area contributed by atoms with Crippen LogP contribution in [0.15, 0.2) is 103 Å². The Hall–Kier alpha value is -3.69. The second kappa shape index (κ2) is 12.2. The van der Waals surface area contributed by atoms with Gasteiger partial charge < -0.3 is 14.2 Å². The topological polar surface area (TPSA) is 83.1 Å². The fraction of sp³-hybridized carbons (Fsp3) is 0.361. The van der Waals surface area contributed by atoms with Gasteiger partial charge in [0.05, 0.1) is 24.8 Å². The summed E-state index contributed by atoms with van der Waals surface area (Å²) >= 11 is 0. The zero-order valence-corrected chi connectivity index (χ0v) is 25.4. The molecule has 4 fully saturated rings. The van der Waals surface area contributed by atoms with Crippen LogP contribution in [-0.2, 0) is 27.3 Å². The molecule has 230 valence electrons. The lowest BCUT2D eigenvalue weighted by molar-refractivity contribution is -0.105. The first kappa shape index (κ1) is 28.8. The first-order valence-electron chi connectivity index (χ1n) is 15.8. The van der Waals surface area contributed by atoms with Gasteiger partial charge >= 0.3 is 0 Å². The normalized spacial score (nSPS) is 29.7. The Bertz CT molecular complexity index is 1660. The maximum atomic E-state index is 10.00. The Morgan fingerprint density at radius 3 is 2.47 bits per heavy atom. The van der Waals surface area contributed by atoms with Crippen LogP contribution in [0.2, 0.25) is 0 Å². The summed E-state index contributed by atoms with van der Waals surface area (Å²) < 4.78 is 18.9. The average molecular weight is 603 g/mol. The summed E-state index contributed by atoms with van der Waals surface area (Å²) in [7, 11) is 1.78. The van der Waals surface area contributed by atoms with E-state index in [1.807, 2.05) is 18.2 Å². The van der Waals surface area contributed by atoms with Crippen LogP contribution in [0.3, 0.4) is 0 Å². The van der Waals surface area contributed by atoms with Gasteiger partial charge in [-0.1, -0.05) is 103 Å². The highest BCUT2D eigenvalue weighted by atomic mass is 16.6. The van der Waals surface area contributed by atoms with E-state index in [1.54, 1.807) is 7.11 Å². The molecule has 7 atom stereocenters. The molecule has 0 radical (unpaired) electrons. The first-order valence-corrected chi connectivity index (χ1v) is 15.8. The van der Waals surface area contributed by atoms with Crippen LogP contribution in [0.4, 0.5) is 0 Å². The number of nitrogens with one attached hydrogen (secondary N) is 1. The number of benzene rings is 4. The van der Waals surface area contributed by atoms with Crippen molar-refractivity contribution in [2.45, 2.75) is 56.3 Å². The van der Waals surface area contributed by atoms with Gasteiger partial charge in [0, 0.05) is 26.7 Å². The predicted octanol–water partition coefficient (Wildman–Crippen LogP) is 4.25. The number of epoxide rings is 2. The second-order valence-electron chi connectivity index (χ2n) is 12.2. The number of ether oxygens (including phenoxy) is 3. The third-order valence-corrected chi connectivity index (χ3v) is 9.60. The van der Waals surface area contributed by atoms with E-state index in [4.69, 9.17) is 14.2 Å². The van der Waals surface area contributed by atoms with Gasteiger partial charge in [-0.15, -0.1) is 0 Å². The van der Waals surface area contributed by atoms with Gasteiger partial charge in [-0.3, -0.25) is 10.2 Å². The number of hydrazine groups is 1. The molecule has 9 heteroatoms. The molecule has 0 aliphatic carbocycles. The van der Waals surface area contributed by atoms with Crippen molar-refractivity contribution >= 4 is 10.8 Å². The van der Waals surface area contributed by atoms with Gasteiger partial charge in [-0.05, 0) is 27.5 Å². The van der Waals surface area contributed by atoms with Crippen molar-refractivity contribution in [3.63, 3.8) is 0 Å². The van der Waals surface area contributed by atoms with Gasteiger partial charge in [0.2, 0.25) is 0 Å². The lowest BCUT2D eigenvalue weighted by atomic mass is 10.0. The monoisotopic (exact) mass is 602 g/mol. The molecule has 9 nitrogen and oxygen atoms in total. The third-order valence-electron chi connectivity index (χ3n) is 9.60. The Labute approximate surface area is 264 Å². The summed E-state index contributed by atoms with van der Waals surface area (Å²) in [6.07, 6.45) is -0.640. The number of hydrogen-bond acceptors (Lipinski definition) is 9. The van der Waals surface area contributed by atoms with Gasteiger partial charge in [-0.2, -0.15) is 10.3 Å². The van der Waals surface area contributed by atoms with Crippen LogP contribution in [0.5, 0.6) is 0 Å². The van der Waals surface area contributed by atoms with Crippen LogP contribution in [0, 0.1) is 11.3 Å². The number of methoxy groups -OCH3 is 1. The Balaban J connectivity index is 1.11. The molecule has 0 bridgehead atoms. The molecular formula is C36H38N6O3. The molecule has 4 saturated heterocycles. The minimum atomic E-state index is -0.235. The molecule has 4 aromatic carbocycles. The third kappa shape index (κ3) is 5.54. The lowest BCUT2D eigenvalue weighted by Gasteiger charge is -2.39. The summed E-state index contributed by atoms with van der Waals surface area (Å²) in [6.45, 7) is 3.03. The van der Waals surface area contributed by atoms with E-state index in [9.17, 15) is 5.26 Å². The standard InChI is InChI=1S/C36H38N6O3/c1-43-31-24-41(40(20-19-37)36-34(45-36)38-21-25-11-4-2-5-12-25)30-23-39(22-28-17-10-16-26-13-8-9-18-29(26)28)35-33(44-35)32(42(30)31)27-14-6-3-7-15-27/h2-18,30-36,38H,20-24H2,1H3/t30-,31?,32+,33?,34?,35?,36?/m1/s1. The number of rotatable bonds is 10. The molecule has 4 heterocycles. The quantitative estimate of drug-likeness (QED) is 0.212. The summed E-state index contributed by atoms with van der Waals surface area (Å²) in [6, 6.07) is 38.5. The number of hydrogen-bond donors (Lipinski definition) is 1. The predicted molar refractivity (Wildman–Crippen MR) is 170 cm³/mol. The molecule has 4 aromatic rings. The van der Waals surface area contributed by atoms with E-state index in [0.29, 0.717) is 13.1 Å². The van der Waals surface area contributed by atoms with Gasteiger partial charge in [0.1, 0.15) is 25.1 Å². The van der Waals surface area contributed by atoms with E-state index < -0.39 is 0 Å². The van der Waals surface area contributed by atoms with Crippen molar-refractivity contribution in [3.05, 3.63) is 120 Å². The van der Waals surface area contributed by atoms with E-state index in [0.717, 1.165) is 13.1 Å². The zero-order valence-electron chi connectivity index (χ0n) is 25.4. The van der Waals surface area contributed by atoms with E-state index in [-0.39, 0.29) is 49.8 Å². The van der Waals surface area contributed by atoms with E-state index in [1.165, 1.54) is 27.5 Å². The maximum absolute atomic E-state index is 10.00. The molecule has 4 aliphatic heterocycles. The minimum absolute atomic E-state index is 0.00438. The highest BCUT2D eigenvalue weighted by Crippen LogP contribution is 2.48. The van der Waals surface area contributed by atoms with Crippen molar-refractivity contribution < 1.29 is 14.2 Å². The highest BCUT2D eigenvalue weighted by molar-refractivity contribution is 5.85. The summed E-state index contributed by atoms with van der Waals surface area (Å²) in [5.74, 6) is 0. The fourth-order valence-electron chi connectivity index (χ4n) is 7.38. The van der Waals surface area contributed by atoms with Gasteiger partial charge in [-0.25, -0.2) is 9.91 Å². The van der Waals surface area contributed by atoms with Crippen LogP contribution in [0.25, 0.3) is 10.8 Å². The molecule has 0 saturated carbocycles. The lowest BCUT2D eigenvalue weighted by Crippen LogP contribution is -2.55. The molecule has 0 spiro atoms. The number of nitriles is 1. The molecule has 45 heavy (non-hydrogen) atoms. The number of nitrogens with zero attached hydrogens (tertiary/aromatic N) is 5. The molecule has 8 rings (SSSR count). The molecule has 4 aliphatic rings. The smallest absolute Gasteiger partial charge is 0.166 e. The van der Waals surface area contributed by atoms with Crippen LogP contribution < -0.4 is 5.32 Å². The summed E-state index contributed by atoms with van der Waals surface area (Å²) in [5.41, 5.74) is 3.69. The van der Waals surface area contributed by atoms with Gasteiger partial charge in [0.15, 0.2) is 12.5 Å². The summed E-state index contributed by atoms with van der Waals surface area (Å²) in [4.78, 5) is 4.95. The highest BCUT2D eigenvalue weighted by Gasteiger charge is 2.61. The van der Waals surface area contributed by atoms with Crippen molar-refractivity contribution in [2.75, 3.05) is 26.7 Å². The largest absolute Gasteiger partial charge is 0.365 e. The Kier molecular flexibility index (Phi) is 7.83. The zero-order chi connectivity index (χ0) is 30.3. The average Bonchev–Trinajstić information content (AvgIpc) is 4.01. The van der Waals surface area contributed by atoms with Crippen LogP contribution in [-0.4, -0.2) is 83.7 Å². The SMILES string of the molecule is COC1CN(N(CC#N)C2OC2NCc2ccccc2)[C@H]2CN(Cc3cccc4ccccc34)C3OC3[C@H](c3ccccc3)N12. The van der Waals surface area contributed by atoms with Gasteiger partial charge in [0.25, 0.3) is 0 Å². The van der Waals surface area contributed by atoms with Crippen molar-refractivity contribution in [1.82, 2.24) is 25.1 Å². The van der Waals surface area contributed by atoms with Crippen LogP contribution >= 0.6 is 0 Å². The molecule has 0 aromatic heterocycles. The Morgan fingerprint density at radius 2 is 1.67 bits per heavy atom. The fourth-order valence-corrected chi connectivity index (χ4v) is 7.38. The Morgan fingerprint density at radius 1 is 0.911 bits per heavy atom.